The van der Waals surface area contributed by atoms with E-state index in [0.29, 0.717) is 41.9 Å². The molecule has 0 unspecified atom stereocenters. The molecule has 0 radical (unpaired) electrons. The number of anilines is 2. The molecular weight excluding hydrogens is 440 g/mol. The number of benzene rings is 2. The molecule has 1 saturated heterocycles. The topological polar surface area (TPSA) is 91.0 Å². The maximum Gasteiger partial charge on any atom is 0.256 e. The van der Waals surface area contributed by atoms with Gasteiger partial charge in [-0.2, -0.15) is 0 Å². The Labute approximate surface area is 198 Å². The molecule has 2 N–H and O–H groups in total. The fraction of sp³-hybridized carbons (Fsp3) is 0.333. The zero-order chi connectivity index (χ0) is 24.0. The van der Waals surface area contributed by atoms with Gasteiger partial charge in [-0.05, 0) is 62.5 Å². The highest BCUT2D eigenvalue weighted by atomic mass is 32.1. The molecule has 9 heteroatoms. The lowest BCUT2D eigenvalue weighted by molar-refractivity contribution is -0.124. The third-order valence-electron chi connectivity index (χ3n) is 5.17. The minimum absolute atomic E-state index is 0.0748. The molecule has 3 amide bonds. The first-order valence-corrected chi connectivity index (χ1v) is 11.2. The van der Waals surface area contributed by atoms with Gasteiger partial charge in [-0.3, -0.25) is 19.3 Å². The molecule has 2 aromatic rings. The zero-order valence-electron chi connectivity index (χ0n) is 19.0. The Morgan fingerprint density at radius 2 is 1.76 bits per heavy atom. The first-order chi connectivity index (χ1) is 15.8. The van der Waals surface area contributed by atoms with Gasteiger partial charge in [0.25, 0.3) is 5.91 Å². The number of amides is 3. The average molecular weight is 469 g/mol. The Balaban J connectivity index is 1.75. The lowest BCUT2D eigenvalue weighted by atomic mass is 10.1. The van der Waals surface area contributed by atoms with Gasteiger partial charge < -0.3 is 20.3 Å². The van der Waals surface area contributed by atoms with E-state index in [0.717, 1.165) is 5.56 Å². The number of ether oxygens (including phenoxy) is 1. The quantitative estimate of drug-likeness (QED) is 0.550. The summed E-state index contributed by atoms with van der Waals surface area (Å²) >= 11 is 5.60. The molecule has 8 nitrogen and oxygen atoms in total. The summed E-state index contributed by atoms with van der Waals surface area (Å²) in [6.45, 7) is 6.46. The monoisotopic (exact) mass is 468 g/mol. The van der Waals surface area contributed by atoms with E-state index in [-0.39, 0.29) is 24.1 Å². The fourth-order valence-corrected chi connectivity index (χ4v) is 3.97. The Morgan fingerprint density at radius 1 is 1.09 bits per heavy atom. The summed E-state index contributed by atoms with van der Waals surface area (Å²) in [7, 11) is 0. The van der Waals surface area contributed by atoms with E-state index in [1.807, 2.05) is 38.1 Å². The van der Waals surface area contributed by atoms with Crippen LogP contribution in [0, 0.1) is 6.92 Å². The first-order valence-electron chi connectivity index (χ1n) is 10.8. The van der Waals surface area contributed by atoms with Crippen LogP contribution in [0.3, 0.4) is 0 Å². The highest BCUT2D eigenvalue weighted by Gasteiger charge is 2.43. The lowest BCUT2D eigenvalue weighted by Gasteiger charge is -2.24. The second-order valence-corrected chi connectivity index (χ2v) is 8.06. The second-order valence-electron chi connectivity index (χ2n) is 7.69. The van der Waals surface area contributed by atoms with Crippen LogP contribution in [0.25, 0.3) is 0 Å². The summed E-state index contributed by atoms with van der Waals surface area (Å²) < 4.78 is 5.42. The minimum Gasteiger partial charge on any atom is -0.494 e. The molecule has 0 spiro atoms. The Hall–Kier alpha value is -3.46. The molecular formula is C24H28N4O4S. The molecule has 174 valence electrons. The van der Waals surface area contributed by atoms with E-state index in [2.05, 4.69) is 10.6 Å². The molecule has 1 fully saturated rings. The van der Waals surface area contributed by atoms with Crippen molar-refractivity contribution in [2.24, 2.45) is 0 Å². The van der Waals surface area contributed by atoms with Gasteiger partial charge in [-0.15, -0.1) is 0 Å². The van der Waals surface area contributed by atoms with Crippen LogP contribution in [0.4, 0.5) is 11.4 Å². The predicted octanol–water partition coefficient (Wildman–Crippen LogP) is 2.86. The third kappa shape index (κ3) is 6.07. The fourth-order valence-electron chi connectivity index (χ4n) is 3.56. The molecule has 0 saturated carbocycles. The van der Waals surface area contributed by atoms with Crippen LogP contribution >= 0.6 is 12.2 Å². The third-order valence-corrected chi connectivity index (χ3v) is 5.58. The zero-order valence-corrected chi connectivity index (χ0v) is 19.8. The predicted molar refractivity (Wildman–Crippen MR) is 131 cm³/mol. The molecule has 1 atom stereocenters. The number of aryl methyl sites for hydroxylation is 1. The second kappa shape index (κ2) is 10.9. The van der Waals surface area contributed by atoms with Crippen molar-refractivity contribution in [3.8, 4) is 5.75 Å². The Morgan fingerprint density at radius 3 is 2.36 bits per heavy atom. The van der Waals surface area contributed by atoms with Gasteiger partial charge in [0.15, 0.2) is 5.11 Å². The van der Waals surface area contributed by atoms with Crippen LogP contribution in [0.2, 0.25) is 0 Å². The van der Waals surface area contributed by atoms with E-state index in [1.165, 1.54) is 11.8 Å². The number of thiocarbonyl (C=S) groups is 1. The molecule has 0 aromatic heterocycles. The van der Waals surface area contributed by atoms with Crippen molar-refractivity contribution < 1.29 is 19.1 Å². The van der Waals surface area contributed by atoms with Crippen LogP contribution in [0.5, 0.6) is 5.75 Å². The number of nitrogens with one attached hydrogen (secondary N) is 2. The van der Waals surface area contributed by atoms with E-state index < -0.39 is 6.04 Å². The lowest BCUT2D eigenvalue weighted by Crippen LogP contribution is -2.42. The van der Waals surface area contributed by atoms with Crippen molar-refractivity contribution in [2.75, 3.05) is 29.9 Å². The molecule has 0 aliphatic carbocycles. The minimum atomic E-state index is -0.768. The van der Waals surface area contributed by atoms with Crippen LogP contribution < -0.4 is 20.3 Å². The van der Waals surface area contributed by atoms with Gasteiger partial charge in [-0.1, -0.05) is 17.7 Å². The van der Waals surface area contributed by atoms with Gasteiger partial charge in [0.2, 0.25) is 11.8 Å². The summed E-state index contributed by atoms with van der Waals surface area (Å²) in [6, 6.07) is 13.7. The average Bonchev–Trinajstić information content (AvgIpc) is 3.00. The first kappa shape index (κ1) is 24.2. The Kier molecular flexibility index (Phi) is 8.00. The van der Waals surface area contributed by atoms with Crippen molar-refractivity contribution in [1.82, 2.24) is 10.2 Å². The normalized spacial score (nSPS) is 15.5. The summed E-state index contributed by atoms with van der Waals surface area (Å²) in [5.74, 6) is -0.0413. The summed E-state index contributed by atoms with van der Waals surface area (Å²) in [5.41, 5.74) is 2.32. The number of carbonyl (C=O) groups is 3. The van der Waals surface area contributed by atoms with Gasteiger partial charge in [-0.25, -0.2) is 0 Å². The van der Waals surface area contributed by atoms with E-state index in [9.17, 15) is 14.4 Å². The summed E-state index contributed by atoms with van der Waals surface area (Å²) in [4.78, 5) is 40.6. The van der Waals surface area contributed by atoms with Crippen LogP contribution in [0.1, 0.15) is 25.8 Å². The van der Waals surface area contributed by atoms with E-state index in [4.69, 9.17) is 17.0 Å². The highest BCUT2D eigenvalue weighted by molar-refractivity contribution is 7.80. The summed E-state index contributed by atoms with van der Waals surface area (Å²) in [5, 5.41) is 5.86. The summed E-state index contributed by atoms with van der Waals surface area (Å²) in [6.07, 6.45) is -0.0748. The number of nitrogens with zero attached hydrogens (tertiary/aromatic N) is 2. The van der Waals surface area contributed by atoms with Crippen molar-refractivity contribution >= 4 is 46.4 Å². The van der Waals surface area contributed by atoms with Crippen molar-refractivity contribution in [2.45, 2.75) is 33.2 Å². The number of rotatable bonds is 9. The van der Waals surface area contributed by atoms with Crippen LogP contribution in [0.15, 0.2) is 48.5 Å². The van der Waals surface area contributed by atoms with Crippen LogP contribution in [-0.2, 0) is 14.4 Å². The number of hydrogen-bond acceptors (Lipinski definition) is 5. The van der Waals surface area contributed by atoms with Gasteiger partial charge in [0.05, 0.1) is 18.7 Å². The standard InChI is InChI=1S/C24H28N4O4S/c1-4-32-20-11-7-18(8-12-20)26-22(30)15-21-23(31)28(19-9-5-16(2)6-10-19)24(33)27(21)14-13-25-17(3)29/h5-12,21H,4,13-15H2,1-3H3,(H,25,29)(H,26,30)/t21-/m1/s1. The molecule has 1 heterocycles. The molecule has 3 rings (SSSR count). The highest BCUT2D eigenvalue weighted by Crippen LogP contribution is 2.27. The number of hydrogen-bond donors (Lipinski definition) is 2. The maximum absolute atomic E-state index is 13.3. The SMILES string of the molecule is CCOc1ccc(NC(=O)C[C@@H]2C(=O)N(c3ccc(C)cc3)C(=S)N2CCNC(C)=O)cc1. The molecule has 2 aromatic carbocycles. The number of carbonyl (C=O) groups excluding carboxylic acids is 3. The molecule has 33 heavy (non-hydrogen) atoms. The maximum atomic E-state index is 13.3. The molecule has 1 aliphatic rings. The van der Waals surface area contributed by atoms with Gasteiger partial charge >= 0.3 is 0 Å². The van der Waals surface area contributed by atoms with E-state index in [1.54, 1.807) is 29.2 Å². The molecule has 0 bridgehead atoms. The largest absolute Gasteiger partial charge is 0.494 e. The Bertz CT molecular complexity index is 1020. The molecule has 1 aliphatic heterocycles. The van der Waals surface area contributed by atoms with Crippen molar-refractivity contribution in [3.63, 3.8) is 0 Å². The van der Waals surface area contributed by atoms with Gasteiger partial charge in [0.1, 0.15) is 11.8 Å². The van der Waals surface area contributed by atoms with Crippen LogP contribution in [-0.4, -0.2) is 53.5 Å². The van der Waals surface area contributed by atoms with Gasteiger partial charge in [0, 0.05) is 25.7 Å². The van der Waals surface area contributed by atoms with Crippen molar-refractivity contribution in [1.29, 1.82) is 0 Å². The van der Waals surface area contributed by atoms with Crippen molar-refractivity contribution in [3.05, 3.63) is 54.1 Å². The smallest absolute Gasteiger partial charge is 0.256 e. The van der Waals surface area contributed by atoms with E-state index >= 15 is 0 Å².